The molecule has 0 N–H and O–H groups in total. The maximum atomic E-state index is 10.9. The molecule has 0 aromatic rings. The second kappa shape index (κ2) is 2.75. The number of hydrogen-bond donors (Lipinski definition) is 0. The first-order chi connectivity index (χ1) is 5.04. The first-order valence-electron chi connectivity index (χ1n) is 2.72. The van der Waals surface area contributed by atoms with Crippen molar-refractivity contribution in [1.82, 2.24) is 13.7 Å². The topological polar surface area (TPSA) is 43.9 Å². The Hall–Kier alpha value is -0.680. The maximum absolute atomic E-state index is 10.9. The predicted octanol–water partition coefficient (Wildman–Crippen LogP) is 1.04. The van der Waals surface area contributed by atoms with Gasteiger partial charge in [-0.15, -0.1) is 0 Å². The van der Waals surface area contributed by atoms with E-state index in [-0.39, 0.29) is 6.67 Å². The molecule has 0 aliphatic carbocycles. The van der Waals surface area contributed by atoms with Gasteiger partial charge in [-0.05, 0) is 0 Å². The number of hydrogen-bond acceptors (Lipinski definition) is 2. The number of carbonyl (C=O) groups is 2. The second-order valence-electron chi connectivity index (χ2n) is 1.99. The molecule has 0 aromatic carbocycles. The molecular weight excluding hydrogens is 193 g/mol. The van der Waals surface area contributed by atoms with Gasteiger partial charge in [0.1, 0.15) is 6.67 Å². The Morgan fingerprint density at radius 3 is 1.91 bits per heavy atom. The van der Waals surface area contributed by atoms with Crippen LogP contribution in [0.1, 0.15) is 0 Å². The summed E-state index contributed by atoms with van der Waals surface area (Å²) in [7, 11) is 1.30. The summed E-state index contributed by atoms with van der Waals surface area (Å²) in [5.74, 6) is 0. The molecule has 0 radical (unpaired) electrons. The van der Waals surface area contributed by atoms with Crippen molar-refractivity contribution in [3.05, 3.63) is 0 Å². The highest BCUT2D eigenvalue weighted by atomic mass is 35.5. The Bertz CT molecular complexity index is 190. The molecule has 62 valence electrons. The molecule has 4 amide bonds. The second-order valence-corrected chi connectivity index (χ2v) is 2.81. The van der Waals surface area contributed by atoms with Gasteiger partial charge in [0.05, 0.1) is 0 Å². The Kier molecular flexibility index (Phi) is 2.10. The lowest BCUT2D eigenvalue weighted by atomic mass is 10.6. The summed E-state index contributed by atoms with van der Waals surface area (Å²) in [5.41, 5.74) is 0. The van der Waals surface area contributed by atoms with Gasteiger partial charge in [-0.3, -0.25) is 0 Å². The molecule has 1 aliphatic heterocycles. The highest BCUT2D eigenvalue weighted by Crippen LogP contribution is 2.14. The average Bonchev–Trinajstić information content (AvgIpc) is 1.97. The fourth-order valence-corrected chi connectivity index (χ4v) is 1.13. The van der Waals surface area contributed by atoms with Crippen molar-refractivity contribution in [3.63, 3.8) is 0 Å². The molecule has 7 heteroatoms. The molecule has 1 rings (SSSR count). The lowest BCUT2D eigenvalue weighted by Crippen LogP contribution is -2.53. The molecule has 0 unspecified atom stereocenters. The van der Waals surface area contributed by atoms with E-state index in [0.717, 1.165) is 13.7 Å². The van der Waals surface area contributed by atoms with Crippen LogP contribution in [0.25, 0.3) is 0 Å². The summed E-state index contributed by atoms with van der Waals surface area (Å²) >= 11 is 10.8. The molecule has 1 saturated heterocycles. The van der Waals surface area contributed by atoms with Crippen LogP contribution in [-0.2, 0) is 0 Å². The molecule has 0 saturated carbocycles. The maximum Gasteiger partial charge on any atom is 0.344 e. The van der Waals surface area contributed by atoms with Crippen molar-refractivity contribution in [2.75, 3.05) is 13.7 Å². The third-order valence-corrected chi connectivity index (χ3v) is 1.74. The molecule has 11 heavy (non-hydrogen) atoms. The van der Waals surface area contributed by atoms with E-state index in [1.807, 2.05) is 0 Å². The predicted molar refractivity (Wildman–Crippen MR) is 38.8 cm³/mol. The van der Waals surface area contributed by atoms with E-state index in [1.54, 1.807) is 0 Å². The zero-order chi connectivity index (χ0) is 8.59. The Morgan fingerprint density at radius 2 is 1.55 bits per heavy atom. The number of urea groups is 2. The summed E-state index contributed by atoms with van der Waals surface area (Å²) in [5, 5.41) is 0. The Labute approximate surface area is 73.3 Å². The monoisotopic (exact) mass is 197 g/mol. The quantitative estimate of drug-likeness (QED) is 0.545. The highest BCUT2D eigenvalue weighted by molar-refractivity contribution is 6.27. The van der Waals surface area contributed by atoms with Crippen molar-refractivity contribution in [2.24, 2.45) is 0 Å². The lowest BCUT2D eigenvalue weighted by Gasteiger charge is -2.31. The number of amides is 4. The van der Waals surface area contributed by atoms with Gasteiger partial charge >= 0.3 is 12.1 Å². The van der Waals surface area contributed by atoms with Gasteiger partial charge in [0, 0.05) is 30.6 Å². The number of rotatable bonds is 0. The number of halogens is 2. The molecule has 0 atom stereocenters. The van der Waals surface area contributed by atoms with Crippen molar-refractivity contribution < 1.29 is 9.59 Å². The molecule has 5 nitrogen and oxygen atoms in total. The van der Waals surface area contributed by atoms with Crippen LogP contribution in [0.4, 0.5) is 9.59 Å². The highest BCUT2D eigenvalue weighted by Gasteiger charge is 2.33. The SMILES string of the molecule is CN1C(=O)N(Cl)CN(Cl)C1=O. The first kappa shape index (κ1) is 8.42. The summed E-state index contributed by atoms with van der Waals surface area (Å²) in [4.78, 5) is 22.6. The van der Waals surface area contributed by atoms with E-state index < -0.39 is 12.1 Å². The van der Waals surface area contributed by atoms with Gasteiger partial charge in [-0.2, -0.15) is 0 Å². The van der Waals surface area contributed by atoms with E-state index in [0.29, 0.717) is 0 Å². The zero-order valence-corrected chi connectivity index (χ0v) is 7.13. The lowest BCUT2D eigenvalue weighted by molar-refractivity contribution is 0.143. The molecular formula is C4H5Cl2N3O2. The molecule has 1 aliphatic rings. The third-order valence-electron chi connectivity index (χ3n) is 1.24. The van der Waals surface area contributed by atoms with Gasteiger partial charge in [0.2, 0.25) is 0 Å². The Balaban J connectivity index is 2.79. The van der Waals surface area contributed by atoms with Crippen LogP contribution < -0.4 is 0 Å². The fourth-order valence-electron chi connectivity index (χ4n) is 0.637. The van der Waals surface area contributed by atoms with Crippen LogP contribution in [0, 0.1) is 0 Å². The summed E-state index contributed by atoms with van der Waals surface area (Å²) in [6, 6.07) is -1.15. The molecule has 0 aromatic heterocycles. The van der Waals surface area contributed by atoms with Crippen molar-refractivity contribution in [3.8, 4) is 0 Å². The number of carbonyl (C=O) groups excluding carboxylic acids is 2. The summed E-state index contributed by atoms with van der Waals surface area (Å²) < 4.78 is 1.63. The van der Waals surface area contributed by atoms with Crippen LogP contribution in [0.3, 0.4) is 0 Å². The van der Waals surface area contributed by atoms with Crippen molar-refractivity contribution in [1.29, 1.82) is 0 Å². The number of nitrogens with zero attached hydrogens (tertiary/aromatic N) is 3. The van der Waals surface area contributed by atoms with Crippen molar-refractivity contribution >= 4 is 35.6 Å². The minimum Gasteiger partial charge on any atom is -0.247 e. The van der Waals surface area contributed by atoms with E-state index in [9.17, 15) is 9.59 Å². The van der Waals surface area contributed by atoms with Gasteiger partial charge < -0.3 is 0 Å². The normalized spacial score (nSPS) is 19.7. The van der Waals surface area contributed by atoms with Crippen LogP contribution in [0.5, 0.6) is 0 Å². The fraction of sp³-hybridized carbons (Fsp3) is 0.500. The van der Waals surface area contributed by atoms with Gasteiger partial charge in [-0.25, -0.2) is 23.3 Å². The standard InChI is InChI=1S/C4H5Cl2N3O2/c1-7-3(10)8(5)2-9(6)4(7)11/h2H2,1H3. The summed E-state index contributed by atoms with van der Waals surface area (Å²) in [6.07, 6.45) is 0. The Morgan fingerprint density at radius 1 is 1.18 bits per heavy atom. The molecule has 1 heterocycles. The number of imide groups is 1. The van der Waals surface area contributed by atoms with E-state index in [2.05, 4.69) is 0 Å². The largest absolute Gasteiger partial charge is 0.344 e. The summed E-state index contributed by atoms with van der Waals surface area (Å²) in [6.45, 7) is -0.106. The third kappa shape index (κ3) is 1.34. The smallest absolute Gasteiger partial charge is 0.247 e. The molecule has 0 bridgehead atoms. The van der Waals surface area contributed by atoms with E-state index in [4.69, 9.17) is 23.6 Å². The van der Waals surface area contributed by atoms with Crippen molar-refractivity contribution in [2.45, 2.75) is 0 Å². The van der Waals surface area contributed by atoms with Crippen LogP contribution in [-0.4, -0.2) is 39.5 Å². The molecule has 1 fully saturated rings. The van der Waals surface area contributed by atoms with Gasteiger partial charge in [0.15, 0.2) is 0 Å². The molecule has 0 spiro atoms. The van der Waals surface area contributed by atoms with E-state index in [1.165, 1.54) is 7.05 Å². The van der Waals surface area contributed by atoms with E-state index >= 15 is 0 Å². The first-order valence-corrected chi connectivity index (χ1v) is 3.40. The van der Waals surface area contributed by atoms with Gasteiger partial charge in [-0.1, -0.05) is 0 Å². The van der Waals surface area contributed by atoms with Crippen LogP contribution >= 0.6 is 23.6 Å². The van der Waals surface area contributed by atoms with Crippen LogP contribution in [0.15, 0.2) is 0 Å². The average molecular weight is 198 g/mol. The van der Waals surface area contributed by atoms with Crippen LogP contribution in [0.2, 0.25) is 0 Å². The minimum atomic E-state index is -0.575. The minimum absolute atomic E-state index is 0.106. The zero-order valence-electron chi connectivity index (χ0n) is 5.62. The van der Waals surface area contributed by atoms with Gasteiger partial charge in [0.25, 0.3) is 0 Å².